The molecule has 1 atom stereocenters. The minimum Gasteiger partial charge on any atom is -0.493 e. The molecule has 0 unspecified atom stereocenters. The summed E-state index contributed by atoms with van der Waals surface area (Å²) in [6.45, 7) is 5.27. The van der Waals surface area contributed by atoms with Gasteiger partial charge in [0, 0.05) is 5.02 Å². The number of halogens is 1. The van der Waals surface area contributed by atoms with Gasteiger partial charge in [0.05, 0.1) is 36.1 Å². The summed E-state index contributed by atoms with van der Waals surface area (Å²) in [5.74, 6) is -0.324. The van der Waals surface area contributed by atoms with E-state index in [-0.39, 0.29) is 31.0 Å². The molecule has 0 saturated heterocycles. The van der Waals surface area contributed by atoms with Crippen LogP contribution in [0.1, 0.15) is 37.9 Å². The summed E-state index contributed by atoms with van der Waals surface area (Å²) in [5.41, 5.74) is 1.58. The number of thiazole rings is 1. The third kappa shape index (κ3) is 5.91. The van der Waals surface area contributed by atoms with Crippen LogP contribution in [0.25, 0.3) is 6.08 Å². The number of fused-ring (bicyclic) bond motifs is 1. The fourth-order valence-electron chi connectivity index (χ4n) is 4.17. The fraction of sp³-hybridized carbons (Fsp3) is 0.286. The number of hydrogen-bond acceptors (Lipinski definition) is 9. The molecule has 0 bridgehead atoms. The monoisotopic (exact) mass is 570 g/mol. The Hall–Kier alpha value is -3.89. The molecule has 204 valence electrons. The van der Waals surface area contributed by atoms with Crippen molar-refractivity contribution in [3.05, 3.63) is 89.6 Å². The topological polar surface area (TPSA) is 105 Å². The zero-order valence-electron chi connectivity index (χ0n) is 21.9. The molecule has 2 heterocycles. The van der Waals surface area contributed by atoms with E-state index in [1.165, 1.54) is 23.0 Å². The van der Waals surface area contributed by atoms with Crippen molar-refractivity contribution in [3.8, 4) is 11.5 Å². The lowest BCUT2D eigenvalue weighted by Crippen LogP contribution is -2.40. The number of esters is 2. The van der Waals surface area contributed by atoms with E-state index in [4.69, 9.17) is 30.5 Å². The molecular weight excluding hydrogens is 544 g/mol. The number of methoxy groups -OCH3 is 1. The van der Waals surface area contributed by atoms with Crippen LogP contribution in [0.5, 0.6) is 11.5 Å². The van der Waals surface area contributed by atoms with Crippen molar-refractivity contribution in [1.29, 1.82) is 0 Å². The molecule has 4 rings (SSSR count). The lowest BCUT2D eigenvalue weighted by atomic mass is 9.96. The molecule has 0 saturated carbocycles. The van der Waals surface area contributed by atoms with E-state index in [9.17, 15) is 14.4 Å². The van der Waals surface area contributed by atoms with Gasteiger partial charge in [-0.2, -0.15) is 0 Å². The SMILES string of the molecule is CCOC(=O)COc1cc(/C=c2/sc3n(c2=O)[C@H](c2ccccc2Cl)C(C(=O)OCC)=C(C)N=3)ccc1OC. The Kier molecular flexibility index (Phi) is 8.88. The maximum atomic E-state index is 13.8. The van der Waals surface area contributed by atoms with Crippen molar-refractivity contribution in [2.24, 2.45) is 4.99 Å². The summed E-state index contributed by atoms with van der Waals surface area (Å²) < 4.78 is 23.0. The number of ether oxygens (including phenoxy) is 4. The van der Waals surface area contributed by atoms with Crippen LogP contribution in [0.4, 0.5) is 0 Å². The van der Waals surface area contributed by atoms with Crippen LogP contribution in [0.3, 0.4) is 0 Å². The molecule has 0 amide bonds. The lowest BCUT2D eigenvalue weighted by molar-refractivity contribution is -0.145. The van der Waals surface area contributed by atoms with E-state index in [0.717, 1.165) is 0 Å². The molecule has 39 heavy (non-hydrogen) atoms. The quantitative estimate of drug-likeness (QED) is 0.363. The maximum Gasteiger partial charge on any atom is 0.344 e. The van der Waals surface area contributed by atoms with Gasteiger partial charge in [-0.25, -0.2) is 14.6 Å². The van der Waals surface area contributed by atoms with Gasteiger partial charge in [0.2, 0.25) is 0 Å². The van der Waals surface area contributed by atoms with E-state index >= 15 is 0 Å². The number of nitrogens with zero attached hydrogens (tertiary/aromatic N) is 2. The second kappa shape index (κ2) is 12.3. The van der Waals surface area contributed by atoms with Gasteiger partial charge in [0.15, 0.2) is 22.9 Å². The maximum absolute atomic E-state index is 13.8. The zero-order chi connectivity index (χ0) is 28.1. The van der Waals surface area contributed by atoms with Gasteiger partial charge < -0.3 is 18.9 Å². The van der Waals surface area contributed by atoms with Crippen LogP contribution in [0, 0.1) is 0 Å². The number of rotatable bonds is 9. The van der Waals surface area contributed by atoms with Gasteiger partial charge in [-0.05, 0) is 56.2 Å². The first-order valence-corrected chi connectivity index (χ1v) is 13.4. The summed E-state index contributed by atoms with van der Waals surface area (Å²) in [7, 11) is 1.49. The Morgan fingerprint density at radius 1 is 1.10 bits per heavy atom. The molecule has 1 aliphatic rings. The van der Waals surface area contributed by atoms with Gasteiger partial charge in [-0.1, -0.05) is 47.2 Å². The summed E-state index contributed by atoms with van der Waals surface area (Å²) in [6, 6.07) is 11.4. The molecule has 0 spiro atoms. The molecule has 2 aromatic carbocycles. The molecule has 11 heteroatoms. The second-order valence-corrected chi connectivity index (χ2v) is 9.74. The van der Waals surface area contributed by atoms with E-state index in [0.29, 0.717) is 42.7 Å². The largest absolute Gasteiger partial charge is 0.493 e. The van der Waals surface area contributed by atoms with E-state index in [1.807, 2.05) is 0 Å². The molecule has 0 fully saturated rings. The summed E-state index contributed by atoms with van der Waals surface area (Å²) in [4.78, 5) is 43.6. The number of allylic oxidation sites excluding steroid dienone is 1. The van der Waals surface area contributed by atoms with Crippen LogP contribution in [0.15, 0.2) is 63.5 Å². The van der Waals surface area contributed by atoms with E-state index in [2.05, 4.69) is 4.99 Å². The van der Waals surface area contributed by atoms with E-state index in [1.54, 1.807) is 69.3 Å². The average Bonchev–Trinajstić information content (AvgIpc) is 3.21. The highest BCUT2D eigenvalue weighted by Crippen LogP contribution is 2.34. The Balaban J connectivity index is 1.83. The molecule has 9 nitrogen and oxygen atoms in total. The van der Waals surface area contributed by atoms with Crippen molar-refractivity contribution in [2.75, 3.05) is 26.9 Å². The van der Waals surface area contributed by atoms with Crippen molar-refractivity contribution >= 4 is 41.0 Å². The number of hydrogen-bond donors (Lipinski definition) is 0. The minimum absolute atomic E-state index is 0.174. The van der Waals surface area contributed by atoms with Crippen LogP contribution in [-0.4, -0.2) is 43.4 Å². The van der Waals surface area contributed by atoms with Crippen molar-refractivity contribution in [1.82, 2.24) is 4.57 Å². The third-order valence-corrected chi connectivity index (χ3v) is 7.18. The Bertz CT molecular complexity index is 1620. The predicted octanol–water partition coefficient (Wildman–Crippen LogP) is 3.40. The number of carbonyl (C=O) groups excluding carboxylic acids is 2. The van der Waals surface area contributed by atoms with E-state index < -0.39 is 18.0 Å². The molecular formula is C28H27ClN2O7S. The lowest BCUT2D eigenvalue weighted by Gasteiger charge is -2.25. The average molecular weight is 571 g/mol. The predicted molar refractivity (Wildman–Crippen MR) is 147 cm³/mol. The number of aromatic nitrogens is 1. The highest BCUT2D eigenvalue weighted by molar-refractivity contribution is 7.07. The summed E-state index contributed by atoms with van der Waals surface area (Å²) in [5, 5.41) is 0.409. The Labute approximate surface area is 233 Å². The molecule has 1 aromatic heterocycles. The zero-order valence-corrected chi connectivity index (χ0v) is 23.4. The summed E-state index contributed by atoms with van der Waals surface area (Å²) in [6.07, 6.45) is 1.69. The Morgan fingerprint density at radius 2 is 1.85 bits per heavy atom. The standard InChI is InChI=1S/C28H27ClN2O7S/c1-5-36-23(32)15-38-21-13-17(11-12-20(21)35-4)14-22-26(33)31-25(18-9-7-8-10-19(18)29)24(27(34)37-6-2)16(3)30-28(31)39-22/h7-14,25H,5-6,15H2,1-4H3/b22-14+/t25-/m1/s1. The van der Waals surface area contributed by atoms with Crippen LogP contribution >= 0.6 is 22.9 Å². The van der Waals surface area contributed by atoms with Crippen molar-refractivity contribution < 1.29 is 28.5 Å². The molecule has 0 radical (unpaired) electrons. The van der Waals surface area contributed by atoms with Gasteiger partial charge >= 0.3 is 11.9 Å². The first kappa shape index (κ1) is 28.1. The Morgan fingerprint density at radius 3 is 2.54 bits per heavy atom. The first-order valence-electron chi connectivity index (χ1n) is 12.2. The molecule has 1 aliphatic heterocycles. The van der Waals surface area contributed by atoms with Gasteiger partial charge in [0.1, 0.15) is 6.04 Å². The highest BCUT2D eigenvalue weighted by Gasteiger charge is 2.34. The fourth-order valence-corrected chi connectivity index (χ4v) is 5.45. The van der Waals surface area contributed by atoms with Gasteiger partial charge in [0.25, 0.3) is 5.56 Å². The number of carbonyl (C=O) groups is 2. The smallest absolute Gasteiger partial charge is 0.344 e. The van der Waals surface area contributed by atoms with Gasteiger partial charge in [-0.15, -0.1) is 0 Å². The first-order chi connectivity index (χ1) is 18.8. The van der Waals surface area contributed by atoms with Crippen LogP contribution < -0.4 is 24.4 Å². The van der Waals surface area contributed by atoms with Crippen molar-refractivity contribution in [3.63, 3.8) is 0 Å². The molecule has 0 N–H and O–H groups in total. The third-order valence-electron chi connectivity index (χ3n) is 5.85. The van der Waals surface area contributed by atoms with Crippen LogP contribution in [-0.2, 0) is 19.1 Å². The van der Waals surface area contributed by atoms with Gasteiger partial charge in [-0.3, -0.25) is 9.36 Å². The van der Waals surface area contributed by atoms with Crippen molar-refractivity contribution in [2.45, 2.75) is 26.8 Å². The highest BCUT2D eigenvalue weighted by atomic mass is 35.5. The molecule has 3 aromatic rings. The second-order valence-electron chi connectivity index (χ2n) is 8.33. The number of benzene rings is 2. The minimum atomic E-state index is -0.810. The molecule has 0 aliphatic carbocycles. The van der Waals surface area contributed by atoms with Crippen LogP contribution in [0.2, 0.25) is 5.02 Å². The normalized spacial score (nSPS) is 14.9. The summed E-state index contributed by atoms with van der Waals surface area (Å²) >= 11 is 7.73.